The van der Waals surface area contributed by atoms with Gasteiger partial charge in [-0.05, 0) is 37.5 Å². The van der Waals surface area contributed by atoms with Gasteiger partial charge < -0.3 is 15.2 Å². The molecule has 5 atom stereocenters. The van der Waals surface area contributed by atoms with Gasteiger partial charge in [0.25, 0.3) is 0 Å². The second-order valence-electron chi connectivity index (χ2n) is 5.63. The second-order valence-corrected chi connectivity index (χ2v) is 5.63. The molecule has 6 heteroatoms. The molecule has 118 valence electrons. The summed E-state index contributed by atoms with van der Waals surface area (Å²) in [5.74, 6) is 0.0473. The zero-order valence-corrected chi connectivity index (χ0v) is 12.2. The molecule has 0 bridgehead atoms. The van der Waals surface area contributed by atoms with E-state index in [4.69, 9.17) is 10.5 Å². The van der Waals surface area contributed by atoms with Crippen molar-refractivity contribution >= 4 is 0 Å². The number of halogens is 3. The molecule has 1 aliphatic heterocycles. The van der Waals surface area contributed by atoms with Crippen molar-refractivity contribution in [3.05, 3.63) is 29.8 Å². The first-order valence-corrected chi connectivity index (χ1v) is 6.96. The Morgan fingerprint density at radius 3 is 2.38 bits per heavy atom. The second kappa shape index (κ2) is 5.85. The van der Waals surface area contributed by atoms with E-state index in [1.54, 1.807) is 6.07 Å². The molecule has 21 heavy (non-hydrogen) atoms. The number of hydrogen-bond donors (Lipinski definition) is 1. The zero-order chi connectivity index (χ0) is 15.8. The lowest BCUT2D eigenvalue weighted by atomic mass is 9.81. The summed E-state index contributed by atoms with van der Waals surface area (Å²) in [5.41, 5.74) is 6.88. The van der Waals surface area contributed by atoms with E-state index < -0.39 is 12.4 Å². The molecule has 1 fully saturated rings. The third kappa shape index (κ3) is 3.68. The van der Waals surface area contributed by atoms with Crippen LogP contribution in [-0.4, -0.2) is 18.6 Å². The van der Waals surface area contributed by atoms with Gasteiger partial charge in [0.1, 0.15) is 5.75 Å². The summed E-state index contributed by atoms with van der Waals surface area (Å²) in [7, 11) is 0. The van der Waals surface area contributed by atoms with Gasteiger partial charge >= 0.3 is 6.36 Å². The van der Waals surface area contributed by atoms with Crippen LogP contribution in [0.3, 0.4) is 0 Å². The van der Waals surface area contributed by atoms with E-state index in [2.05, 4.69) is 11.7 Å². The van der Waals surface area contributed by atoms with Crippen LogP contribution in [0.2, 0.25) is 0 Å². The van der Waals surface area contributed by atoms with Crippen molar-refractivity contribution in [1.82, 2.24) is 0 Å². The van der Waals surface area contributed by atoms with Crippen LogP contribution < -0.4 is 10.5 Å². The summed E-state index contributed by atoms with van der Waals surface area (Å²) in [6, 6.07) is 5.46. The smallest absolute Gasteiger partial charge is 0.406 e. The molecule has 0 spiro atoms. The quantitative estimate of drug-likeness (QED) is 0.927. The average Bonchev–Trinajstić information content (AvgIpc) is 2.61. The highest BCUT2D eigenvalue weighted by molar-refractivity contribution is 5.31. The standard InChI is InChI=1S/C15H20F3NO2/c1-8-9(2)20-10(3)13(8)14(19)11-5-4-6-12(7-11)21-15(16,17)18/h4-10,13-14H,19H2,1-3H3. The van der Waals surface area contributed by atoms with Gasteiger partial charge in [0, 0.05) is 12.0 Å². The first-order valence-electron chi connectivity index (χ1n) is 6.96. The summed E-state index contributed by atoms with van der Waals surface area (Å²) in [5, 5.41) is 0. The van der Waals surface area contributed by atoms with Crippen LogP contribution in [0.25, 0.3) is 0 Å². The zero-order valence-electron chi connectivity index (χ0n) is 12.2. The molecule has 0 aromatic heterocycles. The lowest BCUT2D eigenvalue weighted by Gasteiger charge is -2.26. The molecule has 2 rings (SSSR count). The molecule has 1 aromatic rings. The molecule has 5 unspecified atom stereocenters. The molecule has 1 heterocycles. The van der Waals surface area contributed by atoms with Crippen LogP contribution in [0.4, 0.5) is 13.2 Å². The fraction of sp³-hybridized carbons (Fsp3) is 0.600. The molecule has 0 radical (unpaired) electrons. The highest BCUT2D eigenvalue weighted by Gasteiger charge is 2.41. The van der Waals surface area contributed by atoms with Crippen LogP contribution in [0.5, 0.6) is 5.75 Å². The Morgan fingerprint density at radius 1 is 1.19 bits per heavy atom. The van der Waals surface area contributed by atoms with Gasteiger partial charge in [-0.15, -0.1) is 13.2 Å². The SMILES string of the molecule is CC1OC(C)C(C(N)c2cccc(OC(F)(F)F)c2)C1C. The van der Waals surface area contributed by atoms with Gasteiger partial charge in [0.2, 0.25) is 0 Å². The van der Waals surface area contributed by atoms with E-state index in [1.165, 1.54) is 18.2 Å². The van der Waals surface area contributed by atoms with E-state index in [0.717, 1.165) is 0 Å². The number of rotatable bonds is 3. The predicted molar refractivity (Wildman–Crippen MR) is 72.7 cm³/mol. The van der Waals surface area contributed by atoms with E-state index in [1.807, 2.05) is 13.8 Å². The van der Waals surface area contributed by atoms with Gasteiger partial charge in [-0.25, -0.2) is 0 Å². The number of benzene rings is 1. The van der Waals surface area contributed by atoms with Gasteiger partial charge in [-0.2, -0.15) is 0 Å². The van der Waals surface area contributed by atoms with Crippen molar-refractivity contribution in [2.75, 3.05) is 0 Å². The number of hydrogen-bond acceptors (Lipinski definition) is 3. The minimum Gasteiger partial charge on any atom is -0.406 e. The lowest BCUT2D eigenvalue weighted by molar-refractivity contribution is -0.274. The van der Waals surface area contributed by atoms with Gasteiger partial charge in [-0.3, -0.25) is 0 Å². The van der Waals surface area contributed by atoms with Gasteiger partial charge in [0.15, 0.2) is 0 Å². The summed E-state index contributed by atoms with van der Waals surface area (Å²) < 4.78 is 46.5. The van der Waals surface area contributed by atoms with Crippen molar-refractivity contribution < 1.29 is 22.6 Å². The van der Waals surface area contributed by atoms with Crippen LogP contribution in [-0.2, 0) is 4.74 Å². The Kier molecular flexibility index (Phi) is 4.49. The van der Waals surface area contributed by atoms with E-state index in [-0.39, 0.29) is 29.8 Å². The Bertz CT molecular complexity index is 492. The summed E-state index contributed by atoms with van der Waals surface area (Å²) in [6.07, 6.45) is -4.64. The maximum Gasteiger partial charge on any atom is 0.573 e. The molecule has 0 aliphatic carbocycles. The maximum absolute atomic E-state index is 12.3. The van der Waals surface area contributed by atoms with Crippen LogP contribution in [0.15, 0.2) is 24.3 Å². The lowest BCUT2D eigenvalue weighted by Crippen LogP contribution is -2.30. The molecule has 1 aromatic carbocycles. The summed E-state index contributed by atoms with van der Waals surface area (Å²) in [6.45, 7) is 5.98. The molecular weight excluding hydrogens is 283 g/mol. The van der Waals surface area contributed by atoms with Crippen molar-refractivity contribution in [3.8, 4) is 5.75 Å². The third-order valence-corrected chi connectivity index (χ3v) is 4.21. The van der Waals surface area contributed by atoms with E-state index in [9.17, 15) is 13.2 Å². The fourth-order valence-corrected chi connectivity index (χ4v) is 3.05. The molecule has 3 nitrogen and oxygen atoms in total. The topological polar surface area (TPSA) is 44.5 Å². The normalized spacial score (nSPS) is 31.2. The monoisotopic (exact) mass is 303 g/mol. The van der Waals surface area contributed by atoms with Crippen molar-refractivity contribution in [3.63, 3.8) is 0 Å². The van der Waals surface area contributed by atoms with Crippen LogP contribution in [0.1, 0.15) is 32.4 Å². The van der Waals surface area contributed by atoms with Gasteiger partial charge in [0.05, 0.1) is 12.2 Å². The van der Waals surface area contributed by atoms with E-state index >= 15 is 0 Å². The Hall–Kier alpha value is -1.27. The summed E-state index contributed by atoms with van der Waals surface area (Å²) in [4.78, 5) is 0. The average molecular weight is 303 g/mol. The minimum atomic E-state index is -4.70. The third-order valence-electron chi connectivity index (χ3n) is 4.21. The number of ether oxygens (including phenoxy) is 2. The van der Waals surface area contributed by atoms with Gasteiger partial charge in [-0.1, -0.05) is 19.1 Å². The first-order chi connectivity index (χ1) is 9.69. The molecule has 0 saturated carbocycles. The summed E-state index contributed by atoms with van der Waals surface area (Å²) >= 11 is 0. The van der Waals surface area contributed by atoms with Crippen LogP contribution in [0, 0.1) is 11.8 Å². The molecule has 2 N–H and O–H groups in total. The molecule has 0 amide bonds. The molecule has 1 aliphatic rings. The number of alkyl halides is 3. The fourth-order valence-electron chi connectivity index (χ4n) is 3.05. The maximum atomic E-state index is 12.3. The van der Waals surface area contributed by atoms with Crippen molar-refractivity contribution in [1.29, 1.82) is 0 Å². The van der Waals surface area contributed by atoms with Crippen molar-refractivity contribution in [2.24, 2.45) is 17.6 Å². The molecule has 1 saturated heterocycles. The Balaban J connectivity index is 2.20. The predicted octanol–water partition coefficient (Wildman–Crippen LogP) is 3.64. The highest BCUT2D eigenvalue weighted by atomic mass is 19.4. The van der Waals surface area contributed by atoms with Crippen LogP contribution >= 0.6 is 0 Å². The molecular formula is C15H20F3NO2. The first kappa shape index (κ1) is 16.1. The Labute approximate surface area is 122 Å². The highest BCUT2D eigenvalue weighted by Crippen LogP contribution is 2.40. The Morgan fingerprint density at radius 2 is 1.86 bits per heavy atom. The largest absolute Gasteiger partial charge is 0.573 e. The number of nitrogens with two attached hydrogens (primary N) is 1. The minimum absolute atomic E-state index is 0.0304. The van der Waals surface area contributed by atoms with Crippen molar-refractivity contribution in [2.45, 2.75) is 45.4 Å². The van der Waals surface area contributed by atoms with E-state index in [0.29, 0.717) is 5.56 Å².